The lowest BCUT2D eigenvalue weighted by atomic mass is 9.80. The molecule has 4 heterocycles. The number of nitrogens with zero attached hydrogens (tertiary/aromatic N) is 6. The largest absolute Gasteiger partial charge is 0.481 e. The van der Waals surface area contributed by atoms with Crippen LogP contribution >= 0.6 is 11.6 Å². The predicted octanol–water partition coefficient (Wildman–Crippen LogP) is 5.91. The second-order valence-electron chi connectivity index (χ2n) is 14.7. The van der Waals surface area contributed by atoms with Crippen molar-refractivity contribution in [1.29, 1.82) is 0 Å². The summed E-state index contributed by atoms with van der Waals surface area (Å²) in [4.78, 5) is 52.5. The van der Waals surface area contributed by atoms with E-state index in [9.17, 15) is 19.5 Å². The Labute approximate surface area is 309 Å². The number of carbonyl (C=O) groups is 3. The fraction of sp³-hybridized carbons (Fsp3) is 0.462. The number of amides is 2. The Morgan fingerprint density at radius 1 is 0.808 bits per heavy atom. The highest BCUT2D eigenvalue weighted by Crippen LogP contribution is 2.38. The number of carboxylic acids is 1. The molecular weight excluding hydrogens is 680 g/mol. The first-order valence-corrected chi connectivity index (χ1v) is 18.6. The van der Waals surface area contributed by atoms with E-state index in [4.69, 9.17) is 16.6 Å². The molecule has 4 aromatic rings. The molecule has 0 radical (unpaired) electrons. The Kier molecular flexibility index (Phi) is 10.2. The second-order valence-corrected chi connectivity index (χ2v) is 15.1. The number of hydrogen-bond donors (Lipinski definition) is 3. The third-order valence-electron chi connectivity index (χ3n) is 11.4. The zero-order valence-electron chi connectivity index (χ0n) is 30.3. The van der Waals surface area contributed by atoms with E-state index >= 15 is 0 Å². The average molecular weight is 727 g/mol. The molecular formula is C39H47ClN8O4. The number of carboxylic acid groups (broad SMARTS) is 1. The lowest BCUT2D eigenvalue weighted by molar-refractivity contribution is -0.143. The summed E-state index contributed by atoms with van der Waals surface area (Å²) >= 11 is 6.99. The molecule has 0 saturated heterocycles. The molecule has 2 aromatic heterocycles. The van der Waals surface area contributed by atoms with Crippen LogP contribution in [0.1, 0.15) is 81.7 Å². The standard InChI is InChI=1S/C39H47ClN8O4/c1-23-26(7-5-9-28(23)43-37(49)35-41-30-21-45(2)18-16-32(30)46(35)3)27-8-6-10-29(34(27)40)44-38(50)36-42-31-22-48(20-17-33(31)47(36)4)19-15-24-11-13-25(14-12-24)39(51)52/h5-10,24-25H,11-22H2,1-4H3,(H,43,49)(H,44,50)(H,51,52). The summed E-state index contributed by atoms with van der Waals surface area (Å²) in [6.45, 7) is 6.11. The van der Waals surface area contributed by atoms with E-state index < -0.39 is 5.97 Å². The van der Waals surface area contributed by atoms with Gasteiger partial charge in [0, 0.05) is 75.8 Å². The summed E-state index contributed by atoms with van der Waals surface area (Å²) in [6, 6.07) is 11.2. The van der Waals surface area contributed by atoms with E-state index in [1.165, 1.54) is 0 Å². The second kappa shape index (κ2) is 14.8. The maximum absolute atomic E-state index is 13.7. The van der Waals surface area contributed by atoms with E-state index in [-0.39, 0.29) is 17.7 Å². The highest BCUT2D eigenvalue weighted by atomic mass is 35.5. The van der Waals surface area contributed by atoms with E-state index in [2.05, 4.69) is 32.5 Å². The molecule has 1 aliphatic carbocycles. The smallest absolute Gasteiger partial charge is 0.306 e. The van der Waals surface area contributed by atoms with Crippen molar-refractivity contribution in [3.05, 3.63) is 81.4 Å². The Morgan fingerprint density at radius 2 is 1.38 bits per heavy atom. The minimum atomic E-state index is -0.664. The van der Waals surface area contributed by atoms with Crippen molar-refractivity contribution in [3.8, 4) is 11.1 Å². The fourth-order valence-corrected chi connectivity index (χ4v) is 8.43. The van der Waals surface area contributed by atoms with Gasteiger partial charge in [-0.05, 0) is 81.8 Å². The number of hydrogen-bond acceptors (Lipinski definition) is 7. The maximum Gasteiger partial charge on any atom is 0.306 e. The van der Waals surface area contributed by atoms with Crippen molar-refractivity contribution in [2.24, 2.45) is 25.9 Å². The lowest BCUT2D eigenvalue weighted by Gasteiger charge is -2.30. The normalized spacial score (nSPS) is 19.2. The number of anilines is 2. The average Bonchev–Trinajstić information content (AvgIpc) is 3.64. The van der Waals surface area contributed by atoms with Gasteiger partial charge in [-0.2, -0.15) is 0 Å². The van der Waals surface area contributed by atoms with Crippen LogP contribution in [0.4, 0.5) is 11.4 Å². The van der Waals surface area contributed by atoms with Crippen LogP contribution in [-0.4, -0.2) is 78.5 Å². The Balaban J connectivity index is 1.02. The molecule has 2 aromatic carbocycles. The van der Waals surface area contributed by atoms with Crippen molar-refractivity contribution in [2.45, 2.75) is 65.0 Å². The molecule has 2 amide bonds. The zero-order valence-corrected chi connectivity index (χ0v) is 31.1. The monoisotopic (exact) mass is 726 g/mol. The molecule has 52 heavy (non-hydrogen) atoms. The van der Waals surface area contributed by atoms with Gasteiger partial charge in [0.1, 0.15) is 0 Å². The maximum atomic E-state index is 13.7. The molecule has 3 aliphatic rings. The quantitative estimate of drug-likeness (QED) is 0.194. The first-order valence-electron chi connectivity index (χ1n) is 18.2. The number of imidazole rings is 2. The molecule has 1 fully saturated rings. The molecule has 0 spiro atoms. The summed E-state index contributed by atoms with van der Waals surface area (Å²) < 4.78 is 3.78. The molecule has 2 aliphatic heterocycles. The lowest BCUT2D eigenvalue weighted by Crippen LogP contribution is -2.33. The van der Waals surface area contributed by atoms with Gasteiger partial charge in [0.2, 0.25) is 0 Å². The molecule has 0 atom stereocenters. The molecule has 12 nitrogen and oxygen atoms in total. The van der Waals surface area contributed by atoms with Crippen LogP contribution in [0.25, 0.3) is 11.1 Å². The van der Waals surface area contributed by atoms with Crippen LogP contribution in [0.3, 0.4) is 0 Å². The van der Waals surface area contributed by atoms with E-state index in [1.54, 1.807) is 6.07 Å². The van der Waals surface area contributed by atoms with Gasteiger partial charge in [0.05, 0.1) is 28.0 Å². The highest BCUT2D eigenvalue weighted by molar-refractivity contribution is 6.36. The summed E-state index contributed by atoms with van der Waals surface area (Å²) in [5.74, 6) is -0.177. The predicted molar refractivity (Wildman–Crippen MR) is 201 cm³/mol. The Bertz CT molecular complexity index is 2030. The molecule has 7 rings (SSSR count). The van der Waals surface area contributed by atoms with E-state index in [1.807, 2.05) is 60.5 Å². The molecule has 0 unspecified atom stereocenters. The zero-order chi connectivity index (χ0) is 36.7. The number of benzene rings is 2. The summed E-state index contributed by atoms with van der Waals surface area (Å²) in [5, 5.41) is 15.8. The molecule has 274 valence electrons. The van der Waals surface area contributed by atoms with Crippen LogP contribution < -0.4 is 10.6 Å². The van der Waals surface area contributed by atoms with Gasteiger partial charge in [0.15, 0.2) is 11.6 Å². The number of rotatable bonds is 9. The number of nitrogens with one attached hydrogen (secondary N) is 2. The first-order chi connectivity index (χ1) is 25.0. The van der Waals surface area contributed by atoms with Gasteiger partial charge < -0.3 is 29.8 Å². The Morgan fingerprint density at radius 3 is 2.04 bits per heavy atom. The minimum Gasteiger partial charge on any atom is -0.481 e. The van der Waals surface area contributed by atoms with Gasteiger partial charge in [-0.25, -0.2) is 9.97 Å². The fourth-order valence-electron chi connectivity index (χ4n) is 8.16. The van der Waals surface area contributed by atoms with Crippen molar-refractivity contribution < 1.29 is 19.5 Å². The number of carbonyl (C=O) groups excluding carboxylic acids is 2. The molecule has 1 saturated carbocycles. The van der Waals surface area contributed by atoms with Gasteiger partial charge in [0.25, 0.3) is 11.8 Å². The van der Waals surface area contributed by atoms with Crippen molar-refractivity contribution >= 4 is 40.8 Å². The molecule has 13 heteroatoms. The van der Waals surface area contributed by atoms with Crippen LogP contribution in [0, 0.1) is 18.8 Å². The SMILES string of the molecule is Cc1c(NC(=O)c2nc3c(n2C)CCN(C)C3)cccc1-c1cccc(NC(=O)c2nc3c(n2C)CCN(CCC2CCC(C(=O)O)CC2)C3)c1Cl. The summed E-state index contributed by atoms with van der Waals surface area (Å²) in [7, 11) is 5.83. The van der Waals surface area contributed by atoms with Crippen LogP contribution in [0.15, 0.2) is 36.4 Å². The highest BCUT2D eigenvalue weighted by Gasteiger charge is 2.29. The summed E-state index contributed by atoms with van der Waals surface area (Å²) in [5.41, 5.74) is 7.56. The number of aromatic nitrogens is 4. The topological polar surface area (TPSA) is 138 Å². The number of fused-ring (bicyclic) bond motifs is 2. The Hall–Kier alpha value is -4.52. The van der Waals surface area contributed by atoms with Crippen molar-refractivity contribution in [3.63, 3.8) is 0 Å². The number of likely N-dealkylation sites (N-methyl/N-ethyl adjacent to an activating group) is 1. The van der Waals surface area contributed by atoms with E-state index in [0.717, 1.165) is 111 Å². The molecule has 3 N–H and O–H groups in total. The van der Waals surface area contributed by atoms with Crippen LogP contribution in [0.5, 0.6) is 0 Å². The molecule has 0 bridgehead atoms. The van der Waals surface area contributed by atoms with Crippen LogP contribution in [0.2, 0.25) is 5.02 Å². The summed E-state index contributed by atoms with van der Waals surface area (Å²) in [6.07, 6.45) is 6.19. The van der Waals surface area contributed by atoms with Crippen LogP contribution in [-0.2, 0) is 44.8 Å². The van der Waals surface area contributed by atoms with Gasteiger partial charge in [-0.15, -0.1) is 0 Å². The van der Waals surface area contributed by atoms with Crippen molar-refractivity contribution in [1.82, 2.24) is 28.9 Å². The first kappa shape index (κ1) is 35.9. The third kappa shape index (κ3) is 7.11. The third-order valence-corrected chi connectivity index (χ3v) is 11.8. The van der Waals surface area contributed by atoms with Gasteiger partial charge in [-0.3, -0.25) is 19.3 Å². The minimum absolute atomic E-state index is 0.190. The van der Waals surface area contributed by atoms with Crippen molar-refractivity contribution in [2.75, 3.05) is 37.3 Å². The van der Waals surface area contributed by atoms with Gasteiger partial charge in [-0.1, -0.05) is 35.9 Å². The number of aliphatic carboxylic acids is 1. The van der Waals surface area contributed by atoms with Gasteiger partial charge >= 0.3 is 5.97 Å². The number of halogens is 1. The van der Waals surface area contributed by atoms with E-state index in [0.29, 0.717) is 40.5 Å².